The van der Waals surface area contributed by atoms with E-state index in [9.17, 15) is 19.5 Å². The number of phenols is 1. The van der Waals surface area contributed by atoms with Crippen LogP contribution in [0.2, 0.25) is 0 Å². The van der Waals surface area contributed by atoms with Crippen molar-refractivity contribution >= 4 is 17.7 Å². The van der Waals surface area contributed by atoms with Gasteiger partial charge < -0.3 is 15.3 Å². The first kappa shape index (κ1) is 30.7. The molecule has 2 saturated heterocycles. The van der Waals surface area contributed by atoms with Gasteiger partial charge in [0.1, 0.15) is 5.75 Å². The summed E-state index contributed by atoms with van der Waals surface area (Å²) in [4.78, 5) is 53.0. The van der Waals surface area contributed by atoms with Crippen LogP contribution in [0.1, 0.15) is 16.8 Å². The molecule has 3 unspecified atom stereocenters. The van der Waals surface area contributed by atoms with E-state index >= 15 is 0 Å². The summed E-state index contributed by atoms with van der Waals surface area (Å²) < 4.78 is 0. The number of Topliss-reactive ketones (excluding diaryl/α,β-unsaturated/α-hetero) is 1. The number of carbonyl (C=O) groups is 3. The van der Waals surface area contributed by atoms with E-state index < -0.39 is 17.9 Å². The number of amides is 3. The number of aromatic hydroxyl groups is 1. The summed E-state index contributed by atoms with van der Waals surface area (Å²) in [5.74, 6) is -1.04. The molecular weight excluding hydrogens is 580 g/mol. The lowest BCUT2D eigenvalue weighted by Gasteiger charge is -2.52. The first-order valence-corrected chi connectivity index (χ1v) is 15.3. The minimum atomic E-state index is -0.721. The van der Waals surface area contributed by atoms with Crippen LogP contribution >= 0.6 is 0 Å². The first-order chi connectivity index (χ1) is 22.4. The number of carbonyl (C=O) groups excluding carboxylic acids is 3. The van der Waals surface area contributed by atoms with Crippen molar-refractivity contribution in [1.82, 2.24) is 30.2 Å². The van der Waals surface area contributed by atoms with Crippen LogP contribution in [0.3, 0.4) is 0 Å². The summed E-state index contributed by atoms with van der Waals surface area (Å²) in [6.45, 7) is 4.78. The second-order valence-electron chi connectivity index (χ2n) is 11.6. The third-order valence-corrected chi connectivity index (χ3v) is 8.54. The zero-order valence-corrected chi connectivity index (χ0v) is 25.4. The van der Waals surface area contributed by atoms with E-state index in [1.54, 1.807) is 57.5 Å². The highest BCUT2D eigenvalue weighted by Crippen LogP contribution is 2.37. The van der Waals surface area contributed by atoms with Gasteiger partial charge in [-0.2, -0.15) is 0 Å². The molecular formula is C36H36N6O4. The molecule has 2 N–H and O–H groups in total. The largest absolute Gasteiger partial charge is 0.508 e. The molecule has 2 aliphatic heterocycles. The molecule has 0 saturated carbocycles. The van der Waals surface area contributed by atoms with Gasteiger partial charge in [0.2, 0.25) is 5.91 Å². The fourth-order valence-electron chi connectivity index (χ4n) is 6.41. The van der Waals surface area contributed by atoms with Gasteiger partial charge in [-0.15, -0.1) is 6.58 Å². The molecule has 3 atom stereocenters. The molecule has 10 heteroatoms. The van der Waals surface area contributed by atoms with Gasteiger partial charge >= 0.3 is 6.03 Å². The molecule has 46 heavy (non-hydrogen) atoms. The monoisotopic (exact) mass is 616 g/mol. The predicted octanol–water partition coefficient (Wildman–Crippen LogP) is 4.23. The van der Waals surface area contributed by atoms with Gasteiger partial charge in [0, 0.05) is 31.4 Å². The highest BCUT2D eigenvalue weighted by atomic mass is 16.3. The second-order valence-corrected chi connectivity index (χ2v) is 11.6. The number of phenolic OH excluding ortho intramolecular Hbond substituents is 1. The SMILES string of the molecule is C=CCN1CC(=O)C2C(Cc3ccc(O)cc3)C(=O)N(Cc3ccnc(-c4ccccc4)n3)CC2N1C(=O)NCc1ccccc1. The number of fused-ring (bicyclic) bond motifs is 1. The highest BCUT2D eigenvalue weighted by molar-refractivity contribution is 5.93. The number of hydrazine groups is 1. The Morgan fingerprint density at radius 2 is 1.67 bits per heavy atom. The van der Waals surface area contributed by atoms with Crippen LogP contribution in [0.5, 0.6) is 5.75 Å². The Bertz CT molecular complexity index is 1700. The Kier molecular flexibility index (Phi) is 9.16. The lowest BCUT2D eigenvalue weighted by Crippen LogP contribution is -2.71. The summed E-state index contributed by atoms with van der Waals surface area (Å²) in [5.41, 5.74) is 3.26. The van der Waals surface area contributed by atoms with Crippen LogP contribution in [0.4, 0.5) is 4.79 Å². The quantitative estimate of drug-likeness (QED) is 0.270. The molecule has 1 aromatic heterocycles. The van der Waals surface area contributed by atoms with Gasteiger partial charge in [0.25, 0.3) is 0 Å². The Balaban J connectivity index is 1.34. The van der Waals surface area contributed by atoms with Crippen molar-refractivity contribution in [2.75, 3.05) is 19.6 Å². The molecule has 0 aliphatic carbocycles. The van der Waals surface area contributed by atoms with Gasteiger partial charge in [0.05, 0.1) is 36.7 Å². The first-order valence-electron chi connectivity index (χ1n) is 15.3. The number of nitrogens with one attached hydrogen (secondary N) is 1. The molecule has 3 aromatic carbocycles. The van der Waals surface area contributed by atoms with Gasteiger partial charge in [-0.05, 0) is 35.7 Å². The summed E-state index contributed by atoms with van der Waals surface area (Å²) in [6.07, 6.45) is 3.62. The Hall–Kier alpha value is -5.35. The minimum Gasteiger partial charge on any atom is -0.508 e. The van der Waals surface area contributed by atoms with E-state index in [4.69, 9.17) is 4.98 Å². The molecule has 0 spiro atoms. The summed E-state index contributed by atoms with van der Waals surface area (Å²) in [7, 11) is 0. The van der Waals surface area contributed by atoms with Gasteiger partial charge in [-0.1, -0.05) is 78.9 Å². The zero-order chi connectivity index (χ0) is 32.0. The number of hydrogen-bond donors (Lipinski definition) is 2. The van der Waals surface area contributed by atoms with Crippen molar-refractivity contribution in [2.45, 2.75) is 25.6 Å². The Morgan fingerprint density at radius 3 is 2.39 bits per heavy atom. The fraction of sp³-hybridized carbons (Fsp3) is 0.250. The van der Waals surface area contributed by atoms with E-state index in [1.807, 2.05) is 60.7 Å². The molecule has 234 valence electrons. The van der Waals surface area contributed by atoms with E-state index in [0.29, 0.717) is 18.1 Å². The maximum absolute atomic E-state index is 14.3. The molecule has 10 nitrogen and oxygen atoms in total. The number of nitrogens with zero attached hydrogens (tertiary/aromatic N) is 5. The minimum absolute atomic E-state index is 0.0162. The number of urea groups is 1. The summed E-state index contributed by atoms with van der Waals surface area (Å²) >= 11 is 0. The van der Waals surface area contributed by atoms with E-state index in [-0.39, 0.29) is 56.1 Å². The van der Waals surface area contributed by atoms with Gasteiger partial charge in [-0.25, -0.2) is 19.8 Å². The van der Waals surface area contributed by atoms with Crippen LogP contribution in [0, 0.1) is 11.8 Å². The smallest absolute Gasteiger partial charge is 0.332 e. The zero-order valence-electron chi connectivity index (χ0n) is 25.4. The molecule has 2 fully saturated rings. The molecule has 0 radical (unpaired) electrons. The van der Waals surface area contributed by atoms with Crippen molar-refractivity contribution in [3.05, 3.63) is 127 Å². The fourth-order valence-corrected chi connectivity index (χ4v) is 6.41. The average Bonchev–Trinajstić information content (AvgIpc) is 3.07. The molecule has 4 aromatic rings. The highest BCUT2D eigenvalue weighted by Gasteiger charge is 2.53. The second kappa shape index (κ2) is 13.7. The maximum Gasteiger partial charge on any atom is 0.332 e. The van der Waals surface area contributed by atoms with E-state index in [0.717, 1.165) is 16.7 Å². The number of benzene rings is 3. The lowest BCUT2D eigenvalue weighted by molar-refractivity contribution is -0.167. The number of ketones is 1. The molecule has 0 bridgehead atoms. The van der Waals surface area contributed by atoms with E-state index in [1.165, 1.54) is 0 Å². The summed E-state index contributed by atoms with van der Waals surface area (Å²) in [6, 6.07) is 26.7. The number of hydrogen-bond acceptors (Lipinski definition) is 7. The van der Waals surface area contributed by atoms with Crippen molar-refractivity contribution < 1.29 is 19.5 Å². The third kappa shape index (κ3) is 6.67. The van der Waals surface area contributed by atoms with Crippen molar-refractivity contribution in [3.63, 3.8) is 0 Å². The maximum atomic E-state index is 14.3. The number of rotatable bonds is 9. The van der Waals surface area contributed by atoms with Gasteiger partial charge in [0.15, 0.2) is 11.6 Å². The van der Waals surface area contributed by atoms with E-state index in [2.05, 4.69) is 16.9 Å². The lowest BCUT2D eigenvalue weighted by atomic mass is 9.74. The van der Waals surface area contributed by atoms with Crippen molar-refractivity contribution in [3.8, 4) is 17.1 Å². The van der Waals surface area contributed by atoms with Crippen LogP contribution in [-0.2, 0) is 29.1 Å². The molecule has 3 amide bonds. The van der Waals surface area contributed by atoms with Crippen LogP contribution in [0.15, 0.2) is 110 Å². The number of piperidine rings is 1. The summed E-state index contributed by atoms with van der Waals surface area (Å²) in [5, 5.41) is 16.2. The topological polar surface area (TPSA) is 119 Å². The normalized spacial score (nSPS) is 19.9. The van der Waals surface area contributed by atoms with Crippen molar-refractivity contribution in [1.29, 1.82) is 0 Å². The molecule has 2 aliphatic rings. The van der Waals surface area contributed by atoms with Crippen LogP contribution in [-0.4, -0.2) is 73.4 Å². The Labute approximate surface area is 268 Å². The molecule has 6 rings (SSSR count). The van der Waals surface area contributed by atoms with Crippen LogP contribution in [0.25, 0.3) is 11.4 Å². The van der Waals surface area contributed by atoms with Crippen LogP contribution < -0.4 is 5.32 Å². The van der Waals surface area contributed by atoms with Gasteiger partial charge in [-0.3, -0.25) is 14.6 Å². The number of likely N-dealkylation sites (tertiary alicyclic amines) is 1. The predicted molar refractivity (Wildman–Crippen MR) is 173 cm³/mol. The van der Waals surface area contributed by atoms with Crippen molar-refractivity contribution in [2.24, 2.45) is 11.8 Å². The third-order valence-electron chi connectivity index (χ3n) is 8.54. The average molecular weight is 617 g/mol. The number of aromatic nitrogens is 2. The standard InChI is InChI=1S/C36H36N6O4/c1-2-19-41-24-32(44)33-30(20-25-13-15-29(43)16-14-25)35(45)40(22-28-17-18-37-34(39-28)27-11-7-4-8-12-27)23-31(33)42(41)36(46)38-21-26-9-5-3-6-10-26/h2-18,30-31,33,43H,1,19-24H2,(H,38,46). The molecule has 3 heterocycles. The Morgan fingerprint density at radius 1 is 0.957 bits per heavy atom.